The first-order chi connectivity index (χ1) is 13.0. The van der Waals surface area contributed by atoms with Gasteiger partial charge >= 0.3 is 0 Å². The van der Waals surface area contributed by atoms with E-state index in [1.807, 2.05) is 0 Å². The largest absolute Gasteiger partial charge is 0.296 e. The van der Waals surface area contributed by atoms with E-state index in [0.717, 1.165) is 16.2 Å². The molecule has 2 aromatic heterocycles. The summed E-state index contributed by atoms with van der Waals surface area (Å²) in [5.74, 6) is -1.24. The van der Waals surface area contributed by atoms with Gasteiger partial charge in [0.15, 0.2) is 5.13 Å². The first kappa shape index (κ1) is 16.8. The number of benzene rings is 1. The highest BCUT2D eigenvalue weighted by Gasteiger charge is 2.35. The van der Waals surface area contributed by atoms with Gasteiger partial charge in [0.25, 0.3) is 23.3 Å². The van der Waals surface area contributed by atoms with Crippen LogP contribution in [0.5, 0.6) is 0 Å². The first-order valence-corrected chi connectivity index (χ1v) is 8.61. The summed E-state index contributed by atoms with van der Waals surface area (Å²) >= 11 is 1.14. The van der Waals surface area contributed by atoms with E-state index in [1.165, 1.54) is 18.3 Å². The van der Waals surface area contributed by atoms with Crippen LogP contribution in [0.25, 0.3) is 0 Å². The van der Waals surface area contributed by atoms with Gasteiger partial charge in [-0.2, -0.15) is 5.10 Å². The Hall–Kier alpha value is -3.66. The molecule has 3 amide bonds. The fourth-order valence-electron chi connectivity index (χ4n) is 2.61. The fourth-order valence-corrected chi connectivity index (χ4v) is 3.41. The summed E-state index contributed by atoms with van der Waals surface area (Å²) in [4.78, 5) is 53.7. The quantitative estimate of drug-likeness (QED) is 0.656. The summed E-state index contributed by atoms with van der Waals surface area (Å²) < 4.78 is 0. The van der Waals surface area contributed by atoms with Gasteiger partial charge in [0, 0.05) is 17.1 Å². The maximum atomic E-state index is 12.4. The van der Waals surface area contributed by atoms with Crippen LogP contribution in [0.2, 0.25) is 0 Å². The zero-order valence-electron chi connectivity index (χ0n) is 13.6. The van der Waals surface area contributed by atoms with E-state index >= 15 is 0 Å². The average Bonchev–Trinajstić information content (AvgIpc) is 3.21. The Morgan fingerprint density at radius 2 is 1.78 bits per heavy atom. The molecule has 134 valence electrons. The van der Waals surface area contributed by atoms with Crippen molar-refractivity contribution in [1.29, 1.82) is 0 Å². The number of hydrogen-bond acceptors (Lipinski definition) is 7. The van der Waals surface area contributed by atoms with Gasteiger partial charge in [-0.05, 0) is 18.2 Å². The summed E-state index contributed by atoms with van der Waals surface area (Å²) in [6.07, 6.45) is 1.49. The van der Waals surface area contributed by atoms with Crippen molar-refractivity contribution in [1.82, 2.24) is 20.1 Å². The van der Waals surface area contributed by atoms with Crippen molar-refractivity contribution in [2.45, 2.75) is 6.54 Å². The third-order valence-electron chi connectivity index (χ3n) is 3.88. The van der Waals surface area contributed by atoms with Crippen LogP contribution in [0.3, 0.4) is 0 Å². The normalized spacial score (nSPS) is 13.0. The van der Waals surface area contributed by atoms with Crippen LogP contribution in [-0.4, -0.2) is 37.8 Å². The van der Waals surface area contributed by atoms with Gasteiger partial charge in [-0.15, -0.1) is 0 Å². The molecule has 0 unspecified atom stereocenters. The molecular weight excluding hydrogens is 370 g/mol. The number of aromatic nitrogens is 3. The zero-order chi connectivity index (χ0) is 19.0. The van der Waals surface area contributed by atoms with E-state index < -0.39 is 11.5 Å². The van der Waals surface area contributed by atoms with Crippen molar-refractivity contribution in [3.05, 3.63) is 74.6 Å². The Morgan fingerprint density at radius 1 is 1.07 bits per heavy atom. The Labute approximate surface area is 155 Å². The maximum absolute atomic E-state index is 12.4. The minimum atomic E-state index is -0.534. The zero-order valence-corrected chi connectivity index (χ0v) is 14.4. The number of nitrogens with one attached hydrogen (secondary N) is 2. The minimum Gasteiger partial charge on any atom is -0.296 e. The van der Waals surface area contributed by atoms with E-state index in [1.54, 1.807) is 24.3 Å². The molecule has 4 rings (SSSR count). The Morgan fingerprint density at radius 3 is 2.41 bits per heavy atom. The van der Waals surface area contributed by atoms with Crippen LogP contribution < -0.4 is 10.9 Å². The molecule has 9 nitrogen and oxygen atoms in total. The Balaban J connectivity index is 1.47. The smallest absolute Gasteiger partial charge is 0.277 e. The van der Waals surface area contributed by atoms with Crippen LogP contribution in [0, 0.1) is 0 Å². The molecule has 0 atom stereocenters. The maximum Gasteiger partial charge on any atom is 0.277 e. The Kier molecular flexibility index (Phi) is 4.09. The summed E-state index contributed by atoms with van der Waals surface area (Å²) in [5.41, 5.74) is 0.380. The van der Waals surface area contributed by atoms with E-state index in [2.05, 4.69) is 20.5 Å². The molecule has 3 heterocycles. The molecule has 0 fully saturated rings. The van der Waals surface area contributed by atoms with Gasteiger partial charge in [0.05, 0.1) is 17.7 Å². The molecule has 0 bridgehead atoms. The highest BCUT2D eigenvalue weighted by atomic mass is 32.1. The highest BCUT2D eigenvalue weighted by Crippen LogP contribution is 2.27. The lowest BCUT2D eigenvalue weighted by atomic mass is 10.1. The molecule has 1 aromatic carbocycles. The number of anilines is 1. The number of fused-ring (bicyclic) bond motifs is 1. The van der Waals surface area contributed by atoms with Crippen LogP contribution in [0.4, 0.5) is 5.13 Å². The molecule has 0 spiro atoms. The van der Waals surface area contributed by atoms with Gasteiger partial charge < -0.3 is 0 Å². The van der Waals surface area contributed by atoms with Gasteiger partial charge in [-0.25, -0.2) is 10.1 Å². The van der Waals surface area contributed by atoms with Crippen LogP contribution in [0.1, 0.15) is 36.1 Å². The summed E-state index contributed by atoms with van der Waals surface area (Å²) in [6.45, 7) is 0.0663. The number of amides is 3. The van der Waals surface area contributed by atoms with E-state index in [9.17, 15) is 19.2 Å². The Bertz CT molecular complexity index is 1080. The van der Waals surface area contributed by atoms with Crippen molar-refractivity contribution in [2.24, 2.45) is 0 Å². The third kappa shape index (κ3) is 3.13. The van der Waals surface area contributed by atoms with E-state index in [4.69, 9.17) is 0 Å². The third-order valence-corrected chi connectivity index (χ3v) is 4.78. The van der Waals surface area contributed by atoms with Crippen LogP contribution in [0.15, 0.2) is 47.4 Å². The monoisotopic (exact) mass is 381 g/mol. The predicted octanol–water partition coefficient (Wildman–Crippen LogP) is 1.27. The van der Waals surface area contributed by atoms with Gasteiger partial charge in [-0.1, -0.05) is 23.5 Å². The van der Waals surface area contributed by atoms with E-state index in [-0.39, 0.29) is 24.1 Å². The number of aromatic amines is 1. The molecule has 0 saturated heterocycles. The lowest BCUT2D eigenvalue weighted by Crippen LogP contribution is -2.28. The number of H-pyrrole nitrogens is 1. The second-order valence-electron chi connectivity index (χ2n) is 5.63. The minimum absolute atomic E-state index is 0.0340. The molecule has 27 heavy (non-hydrogen) atoms. The van der Waals surface area contributed by atoms with Gasteiger partial charge in [-0.3, -0.25) is 29.4 Å². The van der Waals surface area contributed by atoms with Crippen molar-refractivity contribution < 1.29 is 14.4 Å². The lowest BCUT2D eigenvalue weighted by Gasteiger charge is -2.11. The number of hydrogen-bond donors (Lipinski definition) is 2. The first-order valence-electron chi connectivity index (χ1n) is 7.80. The molecule has 2 N–H and O–H groups in total. The highest BCUT2D eigenvalue weighted by molar-refractivity contribution is 7.15. The van der Waals surface area contributed by atoms with Crippen molar-refractivity contribution in [3.63, 3.8) is 0 Å². The summed E-state index contributed by atoms with van der Waals surface area (Å²) in [5, 5.41) is 8.66. The molecule has 1 aliphatic rings. The molecule has 0 saturated carbocycles. The standard InChI is InChI=1S/C17H11N5O4S/c23-13-6-5-12(20-21-13)14(24)19-17-18-7-9(27-17)8-22-15(25)10-3-1-2-4-11(10)16(22)26/h1-7H,8H2,(H,21,23)(H,18,19,24). The number of carbonyl (C=O) groups is 3. The van der Waals surface area contributed by atoms with E-state index in [0.29, 0.717) is 21.1 Å². The second-order valence-corrected chi connectivity index (χ2v) is 6.75. The molecule has 0 radical (unpaired) electrons. The number of imide groups is 1. The van der Waals surface area contributed by atoms with Crippen molar-refractivity contribution in [2.75, 3.05) is 5.32 Å². The number of nitrogens with zero attached hydrogens (tertiary/aromatic N) is 3. The summed E-state index contributed by atoms with van der Waals surface area (Å²) in [6, 6.07) is 9.13. The van der Waals surface area contributed by atoms with Crippen molar-refractivity contribution >= 4 is 34.2 Å². The molecule has 3 aromatic rings. The molecule has 0 aliphatic carbocycles. The van der Waals surface area contributed by atoms with Crippen LogP contribution in [-0.2, 0) is 6.54 Å². The molecule has 10 heteroatoms. The number of rotatable bonds is 4. The average molecular weight is 381 g/mol. The second kappa shape index (κ2) is 6.57. The number of thiazole rings is 1. The van der Waals surface area contributed by atoms with Crippen LogP contribution >= 0.6 is 11.3 Å². The summed E-state index contributed by atoms with van der Waals surface area (Å²) in [7, 11) is 0. The lowest BCUT2D eigenvalue weighted by molar-refractivity contribution is 0.0643. The molecular formula is C17H11N5O4S. The van der Waals surface area contributed by atoms with Gasteiger partial charge in [0.1, 0.15) is 5.69 Å². The number of carbonyl (C=O) groups excluding carboxylic acids is 3. The van der Waals surface area contributed by atoms with Crippen molar-refractivity contribution in [3.8, 4) is 0 Å². The fraction of sp³-hybridized carbons (Fsp3) is 0.0588. The SMILES string of the molecule is O=C(Nc1ncc(CN2C(=O)c3ccccc3C2=O)s1)c1ccc(=O)[nH]n1. The van der Waals surface area contributed by atoms with Gasteiger partial charge in [0.2, 0.25) is 0 Å². The topological polar surface area (TPSA) is 125 Å². The predicted molar refractivity (Wildman–Crippen MR) is 95.6 cm³/mol. The molecule has 1 aliphatic heterocycles.